The van der Waals surface area contributed by atoms with Gasteiger partial charge in [0.1, 0.15) is 0 Å². The Morgan fingerprint density at radius 1 is 1.05 bits per heavy atom. The molecule has 0 radical (unpaired) electrons. The molecular formula is C15H13NO3S. The van der Waals surface area contributed by atoms with Gasteiger partial charge in [0.15, 0.2) is 0 Å². The molecular weight excluding hydrogens is 274 g/mol. The number of rotatable bonds is 4. The van der Waals surface area contributed by atoms with Gasteiger partial charge in [-0.05, 0) is 42.7 Å². The Labute approximate surface area is 120 Å². The minimum Gasteiger partial charge on any atom is -0.478 e. The Balaban J connectivity index is 2.21. The molecule has 0 aliphatic rings. The van der Waals surface area contributed by atoms with Crippen molar-refractivity contribution in [2.75, 3.05) is 11.6 Å². The van der Waals surface area contributed by atoms with Crippen molar-refractivity contribution in [3.05, 3.63) is 59.7 Å². The number of carbonyl (C=O) groups excluding carboxylic acids is 1. The molecule has 2 aromatic carbocycles. The Bertz CT molecular complexity index is 638. The molecule has 0 aliphatic carbocycles. The predicted molar refractivity (Wildman–Crippen MR) is 79.6 cm³/mol. The Kier molecular flexibility index (Phi) is 4.42. The highest BCUT2D eigenvalue weighted by molar-refractivity contribution is 7.98. The summed E-state index contributed by atoms with van der Waals surface area (Å²) in [4.78, 5) is 24.2. The van der Waals surface area contributed by atoms with Gasteiger partial charge in [0.05, 0.1) is 11.3 Å². The summed E-state index contributed by atoms with van der Waals surface area (Å²) in [6, 6.07) is 13.4. The third-order valence-corrected chi connectivity index (χ3v) is 3.50. The van der Waals surface area contributed by atoms with Crippen LogP contribution in [0.3, 0.4) is 0 Å². The highest BCUT2D eigenvalue weighted by Gasteiger charge is 2.12. The van der Waals surface area contributed by atoms with Gasteiger partial charge in [0.2, 0.25) is 0 Å². The molecule has 2 N–H and O–H groups in total. The third kappa shape index (κ3) is 3.19. The molecule has 1 amide bonds. The average Bonchev–Trinajstić information content (AvgIpc) is 2.47. The molecule has 0 saturated heterocycles. The van der Waals surface area contributed by atoms with Crippen molar-refractivity contribution in [3.8, 4) is 0 Å². The molecule has 20 heavy (non-hydrogen) atoms. The van der Waals surface area contributed by atoms with Crippen LogP contribution in [-0.2, 0) is 0 Å². The topological polar surface area (TPSA) is 66.4 Å². The van der Waals surface area contributed by atoms with E-state index in [1.165, 1.54) is 6.07 Å². The number of nitrogens with one attached hydrogen (secondary N) is 1. The van der Waals surface area contributed by atoms with Crippen LogP contribution >= 0.6 is 11.8 Å². The molecule has 0 saturated carbocycles. The molecule has 2 rings (SSSR count). The lowest BCUT2D eigenvalue weighted by atomic mass is 10.1. The van der Waals surface area contributed by atoms with Crippen LogP contribution in [0.1, 0.15) is 20.7 Å². The van der Waals surface area contributed by atoms with Crippen molar-refractivity contribution in [2.45, 2.75) is 4.90 Å². The summed E-state index contributed by atoms with van der Waals surface area (Å²) in [5, 5.41) is 11.7. The van der Waals surface area contributed by atoms with E-state index in [4.69, 9.17) is 5.11 Å². The highest BCUT2D eigenvalue weighted by atomic mass is 32.2. The van der Waals surface area contributed by atoms with Crippen molar-refractivity contribution < 1.29 is 14.7 Å². The van der Waals surface area contributed by atoms with Gasteiger partial charge in [0, 0.05) is 10.5 Å². The van der Waals surface area contributed by atoms with Crippen LogP contribution in [0.5, 0.6) is 0 Å². The van der Waals surface area contributed by atoms with Gasteiger partial charge in [-0.2, -0.15) is 0 Å². The molecule has 0 heterocycles. The van der Waals surface area contributed by atoms with E-state index in [0.717, 1.165) is 4.90 Å². The Morgan fingerprint density at radius 2 is 1.70 bits per heavy atom. The summed E-state index contributed by atoms with van der Waals surface area (Å²) in [5.74, 6) is -1.40. The maximum atomic E-state index is 12.1. The SMILES string of the molecule is CSc1ccc(C(=O)Nc2ccccc2C(=O)O)cc1. The minimum absolute atomic E-state index is 0.0709. The fraction of sp³-hybridized carbons (Fsp3) is 0.0667. The number of para-hydroxylation sites is 1. The first-order valence-electron chi connectivity index (χ1n) is 5.89. The second-order valence-electron chi connectivity index (χ2n) is 4.03. The summed E-state index contributed by atoms with van der Waals surface area (Å²) in [7, 11) is 0. The van der Waals surface area contributed by atoms with Crippen LogP contribution in [0.4, 0.5) is 5.69 Å². The first kappa shape index (κ1) is 14.1. The minimum atomic E-state index is -1.07. The first-order valence-corrected chi connectivity index (χ1v) is 7.12. The van der Waals surface area contributed by atoms with Gasteiger partial charge in [-0.1, -0.05) is 12.1 Å². The molecule has 0 aromatic heterocycles. The van der Waals surface area contributed by atoms with E-state index in [-0.39, 0.29) is 11.5 Å². The molecule has 5 heteroatoms. The second-order valence-corrected chi connectivity index (χ2v) is 4.91. The monoisotopic (exact) mass is 287 g/mol. The lowest BCUT2D eigenvalue weighted by Crippen LogP contribution is -2.14. The maximum absolute atomic E-state index is 12.1. The van der Waals surface area contributed by atoms with E-state index >= 15 is 0 Å². The Morgan fingerprint density at radius 3 is 2.30 bits per heavy atom. The van der Waals surface area contributed by atoms with E-state index in [0.29, 0.717) is 11.3 Å². The molecule has 2 aromatic rings. The molecule has 0 unspecified atom stereocenters. The number of benzene rings is 2. The molecule has 0 aliphatic heterocycles. The number of hydrogen-bond donors (Lipinski definition) is 2. The summed E-state index contributed by atoms with van der Waals surface area (Å²) >= 11 is 1.59. The average molecular weight is 287 g/mol. The van der Waals surface area contributed by atoms with Crippen LogP contribution in [0.2, 0.25) is 0 Å². The van der Waals surface area contributed by atoms with Crippen LogP contribution in [0, 0.1) is 0 Å². The quantitative estimate of drug-likeness (QED) is 0.846. The van der Waals surface area contributed by atoms with Crippen molar-refractivity contribution in [1.82, 2.24) is 0 Å². The number of carboxylic acid groups (broad SMARTS) is 1. The van der Waals surface area contributed by atoms with Gasteiger partial charge in [-0.25, -0.2) is 4.79 Å². The summed E-state index contributed by atoms with van der Waals surface area (Å²) < 4.78 is 0. The number of carboxylic acids is 1. The van der Waals surface area contributed by atoms with Gasteiger partial charge in [-0.15, -0.1) is 11.8 Å². The number of aromatic carboxylic acids is 1. The highest BCUT2D eigenvalue weighted by Crippen LogP contribution is 2.18. The molecule has 0 spiro atoms. The van der Waals surface area contributed by atoms with E-state index in [2.05, 4.69) is 5.32 Å². The van der Waals surface area contributed by atoms with E-state index in [1.54, 1.807) is 42.1 Å². The lowest BCUT2D eigenvalue weighted by Gasteiger charge is -2.08. The fourth-order valence-electron chi connectivity index (χ4n) is 1.72. The number of carbonyl (C=O) groups is 2. The summed E-state index contributed by atoms with van der Waals surface area (Å²) in [5.41, 5.74) is 0.850. The molecule has 102 valence electrons. The zero-order valence-corrected chi connectivity index (χ0v) is 11.6. The lowest BCUT2D eigenvalue weighted by molar-refractivity contribution is 0.0698. The van der Waals surface area contributed by atoms with Gasteiger partial charge in [0.25, 0.3) is 5.91 Å². The van der Waals surface area contributed by atoms with Crippen LogP contribution in [-0.4, -0.2) is 23.2 Å². The van der Waals surface area contributed by atoms with E-state index in [1.807, 2.05) is 18.4 Å². The smallest absolute Gasteiger partial charge is 0.337 e. The van der Waals surface area contributed by atoms with Crippen LogP contribution in [0.15, 0.2) is 53.4 Å². The zero-order chi connectivity index (χ0) is 14.5. The number of hydrogen-bond acceptors (Lipinski definition) is 3. The Hall–Kier alpha value is -2.27. The van der Waals surface area contributed by atoms with Crippen molar-refractivity contribution in [1.29, 1.82) is 0 Å². The first-order chi connectivity index (χ1) is 9.61. The van der Waals surface area contributed by atoms with Crippen LogP contribution < -0.4 is 5.32 Å². The molecule has 0 bridgehead atoms. The standard InChI is InChI=1S/C15H13NO3S/c1-20-11-8-6-10(7-9-11)14(17)16-13-5-3-2-4-12(13)15(18)19/h2-9H,1H3,(H,16,17)(H,18,19). The van der Waals surface area contributed by atoms with E-state index < -0.39 is 5.97 Å². The van der Waals surface area contributed by atoms with E-state index in [9.17, 15) is 9.59 Å². The van der Waals surface area contributed by atoms with Crippen molar-refractivity contribution >= 4 is 29.3 Å². The fourth-order valence-corrected chi connectivity index (χ4v) is 2.12. The predicted octanol–water partition coefficient (Wildman–Crippen LogP) is 3.36. The van der Waals surface area contributed by atoms with Crippen LogP contribution in [0.25, 0.3) is 0 Å². The van der Waals surface area contributed by atoms with Gasteiger partial charge in [-0.3, -0.25) is 4.79 Å². The maximum Gasteiger partial charge on any atom is 0.337 e. The summed E-state index contributed by atoms with van der Waals surface area (Å²) in [6.45, 7) is 0. The molecule has 0 fully saturated rings. The third-order valence-electron chi connectivity index (χ3n) is 2.76. The van der Waals surface area contributed by atoms with Gasteiger partial charge < -0.3 is 10.4 Å². The molecule has 0 atom stereocenters. The van der Waals surface area contributed by atoms with Crippen molar-refractivity contribution in [3.63, 3.8) is 0 Å². The normalized spacial score (nSPS) is 10.1. The van der Waals surface area contributed by atoms with Crippen molar-refractivity contribution in [2.24, 2.45) is 0 Å². The number of anilines is 1. The summed E-state index contributed by atoms with van der Waals surface area (Å²) in [6.07, 6.45) is 1.96. The number of thioether (sulfide) groups is 1. The largest absolute Gasteiger partial charge is 0.478 e. The molecule has 4 nitrogen and oxygen atoms in total. The second kappa shape index (κ2) is 6.25. The number of amides is 1. The zero-order valence-electron chi connectivity index (χ0n) is 10.8. The van der Waals surface area contributed by atoms with Gasteiger partial charge >= 0.3 is 5.97 Å².